The van der Waals surface area contributed by atoms with Crippen LogP contribution in [0.4, 0.5) is 5.69 Å². The van der Waals surface area contributed by atoms with E-state index in [2.05, 4.69) is 6.07 Å². The van der Waals surface area contributed by atoms with Crippen LogP contribution in [-0.4, -0.2) is 28.5 Å². The monoisotopic (exact) mass is 356 g/mol. The van der Waals surface area contributed by atoms with Crippen LogP contribution in [0.25, 0.3) is 0 Å². The summed E-state index contributed by atoms with van der Waals surface area (Å²) in [5, 5.41) is 10.1. The molecule has 2 heterocycles. The van der Waals surface area contributed by atoms with E-state index >= 15 is 0 Å². The number of piperidine rings is 1. The number of nitrogens with zero attached hydrogens (tertiary/aromatic N) is 3. The summed E-state index contributed by atoms with van der Waals surface area (Å²) in [6, 6.07) is 11.3. The Morgan fingerprint density at radius 3 is 2.52 bits per heavy atom. The maximum atomic E-state index is 12.6. The second-order valence-corrected chi connectivity index (χ2v) is 6.81. The minimum absolute atomic E-state index is 0.0455. The molecule has 1 aromatic carbocycles. The van der Waals surface area contributed by atoms with Crippen LogP contribution in [0.1, 0.15) is 36.2 Å². The van der Waals surface area contributed by atoms with Gasteiger partial charge in [-0.1, -0.05) is 23.7 Å². The number of carbonyl (C=O) groups excluding carboxylic acids is 1. The molecule has 1 aromatic heterocycles. The summed E-state index contributed by atoms with van der Waals surface area (Å²) in [5.74, 6) is 0.0455. The van der Waals surface area contributed by atoms with Crippen molar-refractivity contribution in [1.82, 2.24) is 9.47 Å². The third kappa shape index (κ3) is 3.97. The lowest BCUT2D eigenvalue weighted by molar-refractivity contribution is -0.132. The topological polar surface area (TPSA) is 75.0 Å². The number of likely N-dealkylation sites (tertiary alicyclic amines) is 1. The van der Waals surface area contributed by atoms with Gasteiger partial charge in [0.1, 0.15) is 18.3 Å². The number of rotatable bonds is 4. The third-order valence-corrected chi connectivity index (χ3v) is 4.90. The van der Waals surface area contributed by atoms with Crippen LogP contribution < -0.4 is 5.73 Å². The first-order valence-electron chi connectivity index (χ1n) is 8.48. The number of nitrogen functional groups attached to an aromatic ring is 1. The van der Waals surface area contributed by atoms with Gasteiger partial charge in [-0.3, -0.25) is 4.79 Å². The third-order valence-electron chi connectivity index (χ3n) is 4.64. The van der Waals surface area contributed by atoms with Crippen molar-refractivity contribution in [2.24, 2.45) is 0 Å². The maximum absolute atomic E-state index is 12.6. The molecule has 130 valence electrons. The summed E-state index contributed by atoms with van der Waals surface area (Å²) in [7, 11) is 0. The first kappa shape index (κ1) is 17.4. The average molecular weight is 357 g/mol. The van der Waals surface area contributed by atoms with Crippen molar-refractivity contribution in [3.8, 4) is 6.07 Å². The number of aromatic nitrogens is 1. The van der Waals surface area contributed by atoms with Crippen LogP contribution in [0, 0.1) is 11.3 Å². The Kier molecular flexibility index (Phi) is 5.30. The van der Waals surface area contributed by atoms with Gasteiger partial charge in [0, 0.05) is 30.2 Å². The lowest BCUT2D eigenvalue weighted by atomic mass is 10.1. The highest BCUT2D eigenvalue weighted by atomic mass is 35.5. The van der Waals surface area contributed by atoms with E-state index < -0.39 is 0 Å². The Bertz CT molecular complexity index is 798. The normalized spacial score (nSPS) is 14.3. The molecule has 5 nitrogen and oxygen atoms in total. The van der Waals surface area contributed by atoms with Crippen LogP contribution in [0.5, 0.6) is 0 Å². The van der Waals surface area contributed by atoms with Gasteiger partial charge >= 0.3 is 0 Å². The van der Waals surface area contributed by atoms with Gasteiger partial charge in [0.2, 0.25) is 5.91 Å². The Labute approximate surface area is 152 Å². The molecule has 0 unspecified atom stereocenters. The zero-order valence-electron chi connectivity index (χ0n) is 14.0. The zero-order valence-corrected chi connectivity index (χ0v) is 14.8. The molecule has 2 aromatic rings. The molecule has 0 spiro atoms. The van der Waals surface area contributed by atoms with E-state index in [1.165, 1.54) is 6.42 Å². The summed E-state index contributed by atoms with van der Waals surface area (Å²) >= 11 is 5.94. The van der Waals surface area contributed by atoms with E-state index in [0.29, 0.717) is 22.8 Å². The van der Waals surface area contributed by atoms with Crippen LogP contribution >= 0.6 is 11.6 Å². The van der Waals surface area contributed by atoms with Gasteiger partial charge in [-0.25, -0.2) is 0 Å². The minimum Gasteiger partial charge on any atom is -0.397 e. The van der Waals surface area contributed by atoms with Gasteiger partial charge in [-0.05, 0) is 43.0 Å². The predicted octanol–water partition coefficient (Wildman–Crippen LogP) is 3.20. The van der Waals surface area contributed by atoms with Crippen LogP contribution in [-0.2, 0) is 17.8 Å². The zero-order chi connectivity index (χ0) is 17.8. The first-order valence-corrected chi connectivity index (χ1v) is 8.86. The molecule has 1 saturated heterocycles. The van der Waals surface area contributed by atoms with Gasteiger partial charge < -0.3 is 15.2 Å². The molecule has 1 aliphatic rings. The van der Waals surface area contributed by atoms with E-state index in [1.54, 1.807) is 10.6 Å². The van der Waals surface area contributed by atoms with Gasteiger partial charge in [0.15, 0.2) is 0 Å². The molecule has 0 atom stereocenters. The summed E-state index contributed by atoms with van der Waals surface area (Å²) in [6.45, 7) is 1.75. The highest BCUT2D eigenvalue weighted by Crippen LogP contribution is 2.23. The summed E-state index contributed by atoms with van der Waals surface area (Å²) in [5.41, 5.74) is 8.92. The van der Waals surface area contributed by atoms with Gasteiger partial charge in [-0.2, -0.15) is 5.26 Å². The summed E-state index contributed by atoms with van der Waals surface area (Å²) in [6.07, 6.45) is 3.81. The lowest BCUT2D eigenvalue weighted by Gasteiger charge is -2.27. The first-order chi connectivity index (χ1) is 12.1. The Morgan fingerprint density at radius 1 is 1.20 bits per heavy atom. The van der Waals surface area contributed by atoms with Gasteiger partial charge in [-0.15, -0.1) is 0 Å². The van der Waals surface area contributed by atoms with E-state index in [4.69, 9.17) is 17.3 Å². The molecular formula is C19H21ClN4O. The van der Waals surface area contributed by atoms with Crippen molar-refractivity contribution in [3.63, 3.8) is 0 Å². The number of hydrogen-bond donors (Lipinski definition) is 1. The number of nitrogens with two attached hydrogens (primary N) is 1. The van der Waals surface area contributed by atoms with Crippen molar-refractivity contribution in [1.29, 1.82) is 5.26 Å². The highest BCUT2D eigenvalue weighted by molar-refractivity contribution is 6.30. The standard InChI is InChI=1S/C19H21ClN4O/c20-15-6-4-14(5-7-15)10-18-17(22)11-16(12-21)24(18)13-19(25)23-8-2-1-3-9-23/h4-7,11H,1-3,8-10,13,22H2. The van der Waals surface area contributed by atoms with E-state index in [0.717, 1.165) is 37.2 Å². The molecule has 0 saturated carbocycles. The van der Waals surface area contributed by atoms with Crippen molar-refractivity contribution in [3.05, 3.63) is 52.3 Å². The minimum atomic E-state index is 0.0455. The molecule has 0 radical (unpaired) electrons. The summed E-state index contributed by atoms with van der Waals surface area (Å²) < 4.78 is 1.75. The Balaban J connectivity index is 1.85. The quantitative estimate of drug-likeness (QED) is 0.914. The van der Waals surface area contributed by atoms with Crippen molar-refractivity contribution >= 4 is 23.2 Å². The molecule has 1 aliphatic heterocycles. The maximum Gasteiger partial charge on any atom is 0.242 e. The average Bonchev–Trinajstić information content (AvgIpc) is 2.93. The number of hydrogen-bond acceptors (Lipinski definition) is 3. The number of anilines is 1. The Morgan fingerprint density at radius 2 is 1.88 bits per heavy atom. The fourth-order valence-corrected chi connectivity index (χ4v) is 3.38. The van der Waals surface area contributed by atoms with Crippen molar-refractivity contribution in [2.75, 3.05) is 18.8 Å². The van der Waals surface area contributed by atoms with Crippen LogP contribution in [0.3, 0.4) is 0 Å². The SMILES string of the molecule is N#Cc1cc(N)c(Cc2ccc(Cl)cc2)n1CC(=O)N1CCCCC1. The molecule has 2 N–H and O–H groups in total. The fraction of sp³-hybridized carbons (Fsp3) is 0.368. The molecule has 25 heavy (non-hydrogen) atoms. The largest absolute Gasteiger partial charge is 0.397 e. The van der Waals surface area contributed by atoms with Crippen molar-refractivity contribution in [2.45, 2.75) is 32.2 Å². The number of benzene rings is 1. The number of carbonyl (C=O) groups is 1. The molecule has 0 aliphatic carbocycles. The van der Waals surface area contributed by atoms with E-state index in [1.807, 2.05) is 29.2 Å². The molecule has 1 fully saturated rings. The van der Waals surface area contributed by atoms with Crippen LogP contribution in [0.2, 0.25) is 5.02 Å². The van der Waals surface area contributed by atoms with Crippen LogP contribution in [0.15, 0.2) is 30.3 Å². The Hall–Kier alpha value is -2.45. The van der Waals surface area contributed by atoms with Crippen molar-refractivity contribution < 1.29 is 4.79 Å². The number of nitriles is 1. The molecule has 0 bridgehead atoms. The van der Waals surface area contributed by atoms with Gasteiger partial charge in [0.25, 0.3) is 0 Å². The molecular weight excluding hydrogens is 336 g/mol. The number of halogens is 1. The smallest absolute Gasteiger partial charge is 0.242 e. The fourth-order valence-electron chi connectivity index (χ4n) is 3.25. The second kappa shape index (κ2) is 7.62. The molecule has 1 amide bonds. The van der Waals surface area contributed by atoms with E-state index in [-0.39, 0.29) is 12.5 Å². The summed E-state index contributed by atoms with van der Waals surface area (Å²) in [4.78, 5) is 14.5. The second-order valence-electron chi connectivity index (χ2n) is 6.37. The predicted molar refractivity (Wildman–Crippen MR) is 98.2 cm³/mol. The highest BCUT2D eigenvalue weighted by Gasteiger charge is 2.21. The van der Waals surface area contributed by atoms with E-state index in [9.17, 15) is 10.1 Å². The molecule has 3 rings (SSSR count). The lowest BCUT2D eigenvalue weighted by Crippen LogP contribution is -2.38. The molecule has 6 heteroatoms. The van der Waals surface area contributed by atoms with Gasteiger partial charge in [0.05, 0.1) is 5.69 Å². The number of amides is 1.